The second-order valence-electron chi connectivity index (χ2n) is 4.77. The van der Waals surface area contributed by atoms with Gasteiger partial charge in [-0.1, -0.05) is 0 Å². The van der Waals surface area contributed by atoms with E-state index in [0.717, 1.165) is 33.8 Å². The molecule has 0 fully saturated rings. The Bertz CT molecular complexity index is 634. The minimum atomic E-state index is -0.0676. The molecule has 2 N–H and O–H groups in total. The van der Waals surface area contributed by atoms with Crippen molar-refractivity contribution in [1.82, 2.24) is 9.78 Å². The smallest absolute Gasteiger partial charge is 0.221 e. The van der Waals surface area contributed by atoms with Gasteiger partial charge in [-0.05, 0) is 54.0 Å². The van der Waals surface area contributed by atoms with Crippen molar-refractivity contribution in [3.8, 4) is 0 Å². The van der Waals surface area contributed by atoms with Crippen molar-refractivity contribution in [1.29, 1.82) is 0 Å². The van der Waals surface area contributed by atoms with Crippen molar-refractivity contribution in [2.45, 2.75) is 33.9 Å². The van der Waals surface area contributed by atoms with Crippen LogP contribution in [-0.4, -0.2) is 15.7 Å². The molecule has 2 rings (SSSR count). The number of rotatable bonds is 5. The molecule has 0 atom stereocenters. The van der Waals surface area contributed by atoms with Gasteiger partial charge in [-0.2, -0.15) is 5.10 Å². The zero-order valence-electron chi connectivity index (χ0n) is 12.4. The minimum Gasteiger partial charge on any atom is -0.379 e. The summed E-state index contributed by atoms with van der Waals surface area (Å²) in [6.45, 7) is 7.09. The summed E-state index contributed by atoms with van der Waals surface area (Å²) in [4.78, 5) is 11.0. The number of aryl methyl sites for hydroxylation is 2. The molecule has 1 aromatic heterocycles. The molecule has 1 heterocycles. The number of anilines is 2. The molecule has 0 aliphatic rings. The summed E-state index contributed by atoms with van der Waals surface area (Å²) >= 11 is 3.58. The first kappa shape index (κ1) is 15.6. The maximum absolute atomic E-state index is 11.0. The van der Waals surface area contributed by atoms with Gasteiger partial charge < -0.3 is 10.6 Å². The molecular weight excluding hydrogens is 332 g/mol. The third kappa shape index (κ3) is 3.85. The number of hydrogen-bond donors (Lipinski definition) is 2. The van der Waals surface area contributed by atoms with Crippen LogP contribution in [0.1, 0.15) is 25.2 Å². The van der Waals surface area contributed by atoms with Crippen LogP contribution in [0.2, 0.25) is 0 Å². The van der Waals surface area contributed by atoms with Gasteiger partial charge in [0.2, 0.25) is 5.91 Å². The van der Waals surface area contributed by atoms with Crippen LogP contribution < -0.4 is 10.6 Å². The molecule has 6 heteroatoms. The summed E-state index contributed by atoms with van der Waals surface area (Å²) in [6.07, 6.45) is 0. The second-order valence-corrected chi connectivity index (χ2v) is 5.57. The zero-order valence-corrected chi connectivity index (χ0v) is 14.0. The summed E-state index contributed by atoms with van der Waals surface area (Å²) in [6, 6.07) is 7.64. The van der Waals surface area contributed by atoms with E-state index in [2.05, 4.69) is 38.6 Å². The van der Waals surface area contributed by atoms with E-state index in [0.29, 0.717) is 6.54 Å². The van der Waals surface area contributed by atoms with Crippen molar-refractivity contribution in [3.05, 3.63) is 40.1 Å². The quantitative estimate of drug-likeness (QED) is 0.866. The molecule has 0 radical (unpaired) electrons. The van der Waals surface area contributed by atoms with Gasteiger partial charge in [-0.25, -0.2) is 0 Å². The van der Waals surface area contributed by atoms with E-state index in [-0.39, 0.29) is 5.91 Å². The van der Waals surface area contributed by atoms with Gasteiger partial charge in [-0.15, -0.1) is 0 Å². The molecule has 0 spiro atoms. The average Bonchev–Trinajstić information content (AvgIpc) is 2.73. The van der Waals surface area contributed by atoms with Gasteiger partial charge in [0.1, 0.15) is 0 Å². The first-order chi connectivity index (χ1) is 10.0. The lowest BCUT2D eigenvalue weighted by Crippen LogP contribution is -2.09. The Morgan fingerprint density at radius 2 is 1.90 bits per heavy atom. The molecule has 0 saturated heterocycles. The number of amides is 1. The summed E-state index contributed by atoms with van der Waals surface area (Å²) in [5.41, 5.74) is 3.91. The van der Waals surface area contributed by atoms with Gasteiger partial charge >= 0.3 is 0 Å². The number of benzene rings is 1. The second kappa shape index (κ2) is 6.76. The molecular formula is C15H19BrN4O. The van der Waals surface area contributed by atoms with E-state index >= 15 is 0 Å². The van der Waals surface area contributed by atoms with Crippen LogP contribution >= 0.6 is 15.9 Å². The Morgan fingerprint density at radius 1 is 1.29 bits per heavy atom. The summed E-state index contributed by atoms with van der Waals surface area (Å²) < 4.78 is 3.03. The van der Waals surface area contributed by atoms with Crippen LogP contribution in [-0.2, 0) is 17.9 Å². The highest BCUT2D eigenvalue weighted by atomic mass is 79.9. The lowest BCUT2D eigenvalue weighted by Gasteiger charge is -2.10. The number of nitrogens with one attached hydrogen (secondary N) is 2. The number of halogens is 1. The van der Waals surface area contributed by atoms with Crippen molar-refractivity contribution in [2.75, 3.05) is 10.6 Å². The molecule has 0 unspecified atom stereocenters. The summed E-state index contributed by atoms with van der Waals surface area (Å²) in [7, 11) is 0. The maximum Gasteiger partial charge on any atom is 0.221 e. The molecule has 0 bridgehead atoms. The van der Waals surface area contributed by atoms with E-state index < -0.39 is 0 Å². The van der Waals surface area contributed by atoms with E-state index in [4.69, 9.17) is 0 Å². The van der Waals surface area contributed by atoms with Crippen LogP contribution in [0.25, 0.3) is 0 Å². The Labute approximate surface area is 132 Å². The van der Waals surface area contributed by atoms with Crippen LogP contribution in [0.5, 0.6) is 0 Å². The summed E-state index contributed by atoms with van der Waals surface area (Å²) in [5.74, 6) is -0.0676. The fourth-order valence-corrected chi connectivity index (χ4v) is 2.52. The lowest BCUT2D eigenvalue weighted by atomic mass is 10.2. The molecule has 5 nitrogen and oxygen atoms in total. The van der Waals surface area contributed by atoms with Crippen LogP contribution in [0.15, 0.2) is 28.7 Å². The van der Waals surface area contributed by atoms with E-state index in [1.807, 2.05) is 35.9 Å². The fraction of sp³-hybridized carbons (Fsp3) is 0.333. The van der Waals surface area contributed by atoms with E-state index in [9.17, 15) is 4.79 Å². The van der Waals surface area contributed by atoms with Crippen LogP contribution in [0.4, 0.5) is 11.4 Å². The monoisotopic (exact) mass is 350 g/mol. The third-order valence-electron chi connectivity index (χ3n) is 3.12. The number of hydrogen-bond acceptors (Lipinski definition) is 3. The van der Waals surface area contributed by atoms with Gasteiger partial charge in [0.15, 0.2) is 0 Å². The Kier molecular flexibility index (Phi) is 5.01. The predicted molar refractivity (Wildman–Crippen MR) is 88.4 cm³/mol. The number of carbonyl (C=O) groups excluding carboxylic acids is 1. The van der Waals surface area contributed by atoms with Crippen LogP contribution in [0.3, 0.4) is 0 Å². The lowest BCUT2D eigenvalue weighted by molar-refractivity contribution is -0.114. The van der Waals surface area contributed by atoms with Crippen molar-refractivity contribution < 1.29 is 4.79 Å². The molecule has 0 saturated carbocycles. The Morgan fingerprint density at radius 3 is 2.48 bits per heavy atom. The van der Waals surface area contributed by atoms with Gasteiger partial charge in [0, 0.05) is 24.8 Å². The normalized spacial score (nSPS) is 10.5. The molecule has 0 aliphatic carbocycles. The fourth-order valence-electron chi connectivity index (χ4n) is 2.10. The minimum absolute atomic E-state index is 0.0676. The molecule has 112 valence electrons. The number of nitrogens with zero attached hydrogens (tertiary/aromatic N) is 2. The largest absolute Gasteiger partial charge is 0.379 e. The Balaban J connectivity index is 2.05. The van der Waals surface area contributed by atoms with E-state index in [1.165, 1.54) is 6.92 Å². The standard InChI is InChI=1S/C15H19BrN4O/c1-4-20-14(15(16)10(2)19-20)9-17-12-5-7-13(8-6-12)18-11(3)21/h5-8,17H,4,9H2,1-3H3,(H,18,21). The molecule has 21 heavy (non-hydrogen) atoms. The number of carbonyl (C=O) groups is 1. The Hall–Kier alpha value is -1.82. The summed E-state index contributed by atoms with van der Waals surface area (Å²) in [5, 5.41) is 10.6. The van der Waals surface area contributed by atoms with Gasteiger partial charge in [0.25, 0.3) is 0 Å². The maximum atomic E-state index is 11.0. The highest BCUT2D eigenvalue weighted by Crippen LogP contribution is 2.22. The van der Waals surface area contributed by atoms with Crippen molar-refractivity contribution in [3.63, 3.8) is 0 Å². The predicted octanol–water partition coefficient (Wildman–Crippen LogP) is 3.54. The van der Waals surface area contributed by atoms with Crippen molar-refractivity contribution >= 4 is 33.2 Å². The highest BCUT2D eigenvalue weighted by Gasteiger charge is 2.11. The first-order valence-electron chi connectivity index (χ1n) is 6.84. The SMILES string of the molecule is CCn1nc(C)c(Br)c1CNc1ccc(NC(C)=O)cc1. The average molecular weight is 351 g/mol. The molecule has 0 aliphatic heterocycles. The zero-order chi connectivity index (χ0) is 15.4. The molecule has 1 amide bonds. The topological polar surface area (TPSA) is 59.0 Å². The van der Waals surface area contributed by atoms with Gasteiger partial charge in [-0.3, -0.25) is 9.48 Å². The van der Waals surface area contributed by atoms with Crippen molar-refractivity contribution in [2.24, 2.45) is 0 Å². The third-order valence-corrected chi connectivity index (χ3v) is 4.15. The van der Waals surface area contributed by atoms with E-state index in [1.54, 1.807) is 0 Å². The highest BCUT2D eigenvalue weighted by molar-refractivity contribution is 9.10. The number of aromatic nitrogens is 2. The van der Waals surface area contributed by atoms with Crippen LogP contribution in [0, 0.1) is 6.92 Å². The first-order valence-corrected chi connectivity index (χ1v) is 7.64. The molecule has 1 aromatic carbocycles. The molecule has 2 aromatic rings. The van der Waals surface area contributed by atoms with Gasteiger partial charge in [0.05, 0.1) is 22.4 Å².